The molecule has 0 atom stereocenters. The van der Waals surface area contributed by atoms with Gasteiger partial charge in [0, 0.05) is 24.4 Å². The van der Waals surface area contributed by atoms with E-state index in [1.807, 2.05) is 6.07 Å². The average Bonchev–Trinajstić information content (AvgIpc) is 2.63. The molecule has 2 aromatic rings. The maximum Gasteiger partial charge on any atom is 0.417 e. The monoisotopic (exact) mass is 271 g/mol. The minimum Gasteiger partial charge on any atom is -0.497 e. The first-order chi connectivity index (χ1) is 9.70. The molecular formula is C14H13N3O3. The van der Waals surface area contributed by atoms with Crippen molar-refractivity contribution in [1.29, 1.82) is 0 Å². The van der Waals surface area contributed by atoms with Crippen molar-refractivity contribution in [3.63, 3.8) is 0 Å². The molecule has 2 N–H and O–H groups in total. The van der Waals surface area contributed by atoms with Gasteiger partial charge in [0.05, 0.1) is 18.5 Å². The zero-order valence-electron chi connectivity index (χ0n) is 10.8. The highest BCUT2D eigenvalue weighted by atomic mass is 16.5. The molecule has 1 aromatic carbocycles. The number of nitrogens with zero attached hydrogens (tertiary/aromatic N) is 2. The van der Waals surface area contributed by atoms with Crippen LogP contribution in [0.3, 0.4) is 0 Å². The summed E-state index contributed by atoms with van der Waals surface area (Å²) < 4.78 is 5.17. The predicted octanol–water partition coefficient (Wildman–Crippen LogP) is 2.83. The first-order valence-electron chi connectivity index (χ1n) is 6.09. The number of benzene rings is 1. The fraction of sp³-hybridized carbons (Fsp3) is 0.143. The lowest BCUT2D eigenvalue weighted by atomic mass is 10.2. The molecule has 0 unspecified atom stereocenters. The standard InChI is InChI=1S/C14H13N3O3/c1-20-10-4-5-12-11(7-10)16-8-9-3-2-6-15-13(9)17(12)14(18)19/h2-7,16H,8H2,1H3,(H,18,19). The third-order valence-electron chi connectivity index (χ3n) is 3.18. The number of anilines is 3. The maximum absolute atomic E-state index is 11.6. The number of nitrogens with one attached hydrogen (secondary N) is 1. The Bertz CT molecular complexity index is 672. The number of aromatic nitrogens is 1. The number of hydrogen-bond acceptors (Lipinski definition) is 4. The number of amides is 1. The van der Waals surface area contributed by atoms with E-state index in [0.717, 1.165) is 5.56 Å². The molecular weight excluding hydrogens is 258 g/mol. The molecule has 0 bridgehead atoms. The summed E-state index contributed by atoms with van der Waals surface area (Å²) in [4.78, 5) is 17.0. The van der Waals surface area contributed by atoms with Crippen LogP contribution in [0.2, 0.25) is 0 Å². The Labute approximate surface area is 115 Å². The number of methoxy groups -OCH3 is 1. The Hall–Kier alpha value is -2.76. The van der Waals surface area contributed by atoms with Gasteiger partial charge in [0.25, 0.3) is 0 Å². The molecule has 0 saturated heterocycles. The summed E-state index contributed by atoms with van der Waals surface area (Å²) in [5.74, 6) is 1.09. The van der Waals surface area contributed by atoms with E-state index in [-0.39, 0.29) is 0 Å². The highest BCUT2D eigenvalue weighted by Crippen LogP contribution is 2.38. The molecule has 20 heavy (non-hydrogen) atoms. The summed E-state index contributed by atoms with van der Waals surface area (Å²) in [6, 6.07) is 8.85. The SMILES string of the molecule is COc1ccc2c(c1)NCc1cccnc1N2C(=O)O. The summed E-state index contributed by atoms with van der Waals surface area (Å²) in [5.41, 5.74) is 2.06. The Morgan fingerprint density at radius 2 is 2.30 bits per heavy atom. The first kappa shape index (κ1) is 12.3. The summed E-state index contributed by atoms with van der Waals surface area (Å²) in [5, 5.41) is 12.7. The number of pyridine rings is 1. The van der Waals surface area contributed by atoms with Crippen LogP contribution in [0.5, 0.6) is 5.75 Å². The second kappa shape index (κ2) is 4.73. The van der Waals surface area contributed by atoms with Gasteiger partial charge in [-0.25, -0.2) is 14.7 Å². The molecule has 1 aliphatic rings. The van der Waals surface area contributed by atoms with Gasteiger partial charge in [-0.15, -0.1) is 0 Å². The van der Waals surface area contributed by atoms with Crippen LogP contribution < -0.4 is 15.0 Å². The quantitative estimate of drug-likeness (QED) is 0.834. The Balaban J connectivity index is 2.19. The molecule has 1 aliphatic heterocycles. The van der Waals surface area contributed by atoms with Crippen LogP contribution in [0.25, 0.3) is 0 Å². The van der Waals surface area contributed by atoms with Crippen LogP contribution in [0.4, 0.5) is 22.0 Å². The van der Waals surface area contributed by atoms with Crippen molar-refractivity contribution in [1.82, 2.24) is 4.98 Å². The second-order valence-electron chi connectivity index (χ2n) is 4.34. The Kier molecular flexibility index (Phi) is 2.90. The van der Waals surface area contributed by atoms with Crippen LogP contribution in [0.1, 0.15) is 5.56 Å². The molecule has 0 fully saturated rings. The second-order valence-corrected chi connectivity index (χ2v) is 4.34. The lowest BCUT2D eigenvalue weighted by Crippen LogP contribution is -2.25. The number of carbonyl (C=O) groups is 1. The minimum atomic E-state index is -1.07. The van der Waals surface area contributed by atoms with E-state index in [0.29, 0.717) is 29.5 Å². The van der Waals surface area contributed by atoms with E-state index in [1.165, 1.54) is 4.90 Å². The summed E-state index contributed by atoms with van der Waals surface area (Å²) >= 11 is 0. The van der Waals surface area contributed by atoms with Gasteiger partial charge in [0.1, 0.15) is 11.6 Å². The zero-order valence-corrected chi connectivity index (χ0v) is 10.8. The van der Waals surface area contributed by atoms with Crippen molar-refractivity contribution in [2.45, 2.75) is 6.54 Å². The van der Waals surface area contributed by atoms with Crippen molar-refractivity contribution in [3.05, 3.63) is 42.1 Å². The molecule has 0 saturated carbocycles. The molecule has 0 spiro atoms. The van der Waals surface area contributed by atoms with Crippen LogP contribution in [0.15, 0.2) is 36.5 Å². The number of fused-ring (bicyclic) bond motifs is 2. The van der Waals surface area contributed by atoms with Crippen molar-refractivity contribution >= 4 is 23.3 Å². The largest absolute Gasteiger partial charge is 0.497 e. The average molecular weight is 271 g/mol. The van der Waals surface area contributed by atoms with Crippen molar-refractivity contribution in [2.75, 3.05) is 17.3 Å². The number of rotatable bonds is 1. The van der Waals surface area contributed by atoms with Gasteiger partial charge in [-0.3, -0.25) is 0 Å². The van der Waals surface area contributed by atoms with E-state index in [9.17, 15) is 9.90 Å². The van der Waals surface area contributed by atoms with Crippen LogP contribution in [0, 0.1) is 0 Å². The molecule has 102 valence electrons. The van der Waals surface area contributed by atoms with Crippen molar-refractivity contribution in [2.24, 2.45) is 0 Å². The number of hydrogen-bond donors (Lipinski definition) is 2. The normalized spacial score (nSPS) is 12.8. The highest BCUT2D eigenvalue weighted by Gasteiger charge is 2.26. The van der Waals surface area contributed by atoms with Gasteiger partial charge in [0.15, 0.2) is 0 Å². The summed E-state index contributed by atoms with van der Waals surface area (Å²) in [6.45, 7) is 0.507. The van der Waals surface area contributed by atoms with Gasteiger partial charge in [0.2, 0.25) is 0 Å². The zero-order chi connectivity index (χ0) is 14.1. The molecule has 0 radical (unpaired) electrons. The van der Waals surface area contributed by atoms with E-state index >= 15 is 0 Å². The minimum absolute atomic E-state index is 0.427. The van der Waals surface area contributed by atoms with Gasteiger partial charge in [-0.1, -0.05) is 6.07 Å². The van der Waals surface area contributed by atoms with Crippen LogP contribution in [-0.4, -0.2) is 23.3 Å². The number of ether oxygens (including phenoxy) is 1. The first-order valence-corrected chi connectivity index (χ1v) is 6.09. The molecule has 2 heterocycles. The third-order valence-corrected chi connectivity index (χ3v) is 3.18. The van der Waals surface area contributed by atoms with Gasteiger partial charge in [-0.05, 0) is 18.2 Å². The molecule has 6 heteroatoms. The van der Waals surface area contributed by atoms with Gasteiger partial charge < -0.3 is 15.2 Å². The van der Waals surface area contributed by atoms with E-state index in [1.54, 1.807) is 37.6 Å². The van der Waals surface area contributed by atoms with Gasteiger partial charge >= 0.3 is 6.09 Å². The molecule has 0 aliphatic carbocycles. The molecule has 6 nitrogen and oxygen atoms in total. The third kappa shape index (κ3) is 1.91. The van der Waals surface area contributed by atoms with Gasteiger partial charge in [-0.2, -0.15) is 0 Å². The highest BCUT2D eigenvalue weighted by molar-refractivity contribution is 5.99. The molecule has 1 amide bonds. The Morgan fingerprint density at radius 1 is 1.45 bits per heavy atom. The maximum atomic E-state index is 11.6. The van der Waals surface area contributed by atoms with E-state index in [4.69, 9.17) is 4.74 Å². The smallest absolute Gasteiger partial charge is 0.417 e. The van der Waals surface area contributed by atoms with Crippen molar-refractivity contribution in [3.8, 4) is 5.75 Å². The fourth-order valence-electron chi connectivity index (χ4n) is 2.25. The lowest BCUT2D eigenvalue weighted by molar-refractivity contribution is 0.204. The molecule has 1 aromatic heterocycles. The molecule has 3 rings (SSSR count). The lowest BCUT2D eigenvalue weighted by Gasteiger charge is -2.20. The predicted molar refractivity (Wildman–Crippen MR) is 74.7 cm³/mol. The van der Waals surface area contributed by atoms with Crippen LogP contribution >= 0.6 is 0 Å². The van der Waals surface area contributed by atoms with Crippen LogP contribution in [-0.2, 0) is 6.54 Å². The summed E-state index contributed by atoms with van der Waals surface area (Å²) in [6.07, 6.45) is 0.517. The van der Waals surface area contributed by atoms with Crippen molar-refractivity contribution < 1.29 is 14.6 Å². The number of carboxylic acid groups (broad SMARTS) is 1. The summed E-state index contributed by atoms with van der Waals surface area (Å²) in [7, 11) is 1.57. The van der Waals surface area contributed by atoms with E-state index in [2.05, 4.69) is 10.3 Å². The Morgan fingerprint density at radius 3 is 3.05 bits per heavy atom. The fourth-order valence-corrected chi connectivity index (χ4v) is 2.25. The topological polar surface area (TPSA) is 74.7 Å². The van der Waals surface area contributed by atoms with E-state index < -0.39 is 6.09 Å².